The minimum absolute atomic E-state index is 0.0707. The summed E-state index contributed by atoms with van der Waals surface area (Å²) in [5, 5.41) is 9.94. The predicted octanol–water partition coefficient (Wildman–Crippen LogP) is 1.94. The van der Waals surface area contributed by atoms with Crippen molar-refractivity contribution in [2.24, 2.45) is 0 Å². The van der Waals surface area contributed by atoms with E-state index in [1.807, 2.05) is 13.8 Å². The van der Waals surface area contributed by atoms with Crippen LogP contribution in [0.4, 0.5) is 5.69 Å². The number of hydrogen-bond donors (Lipinski definition) is 2. The van der Waals surface area contributed by atoms with Gasteiger partial charge in [0.25, 0.3) is 5.91 Å². The monoisotopic (exact) mass is 312 g/mol. The van der Waals surface area contributed by atoms with Gasteiger partial charge in [-0.2, -0.15) is 0 Å². The van der Waals surface area contributed by atoms with Crippen LogP contribution in [0.1, 0.15) is 29.3 Å². The van der Waals surface area contributed by atoms with E-state index in [0.29, 0.717) is 30.8 Å². The molecule has 0 bridgehead atoms. The number of nitrogens with two attached hydrogens (primary N) is 1. The van der Waals surface area contributed by atoms with Gasteiger partial charge in [-0.25, -0.2) is 0 Å². The lowest BCUT2D eigenvalue weighted by molar-refractivity contribution is -0.0826. The molecule has 1 fully saturated rings. The second-order valence-electron chi connectivity index (χ2n) is 4.91. The molecule has 1 saturated heterocycles. The molecule has 1 aromatic rings. The topological polar surface area (TPSA) is 66.6 Å². The van der Waals surface area contributed by atoms with Crippen molar-refractivity contribution in [1.29, 1.82) is 0 Å². The molecular formula is C13H17BrN2O2. The number of β-amino-alcohol motifs (C(OH)–C–C–N with tert-alkyl or cyclic N) is 1. The van der Waals surface area contributed by atoms with E-state index in [9.17, 15) is 9.90 Å². The molecule has 4 nitrogen and oxygen atoms in total. The van der Waals surface area contributed by atoms with Gasteiger partial charge < -0.3 is 15.7 Å². The van der Waals surface area contributed by atoms with Gasteiger partial charge in [0, 0.05) is 15.7 Å². The molecule has 0 spiro atoms. The minimum Gasteiger partial charge on any atom is -0.398 e. The Kier molecular flexibility index (Phi) is 3.38. The third kappa shape index (κ3) is 2.24. The van der Waals surface area contributed by atoms with Crippen LogP contribution in [0.15, 0.2) is 16.6 Å². The number of carbonyl (C=O) groups is 1. The summed E-state index contributed by atoms with van der Waals surface area (Å²) in [6, 6.07) is 3.56. The van der Waals surface area contributed by atoms with Crippen LogP contribution in [-0.2, 0) is 0 Å². The third-order valence-electron chi connectivity index (χ3n) is 3.56. The number of anilines is 1. The Morgan fingerprint density at radius 1 is 1.56 bits per heavy atom. The molecule has 1 amide bonds. The van der Waals surface area contributed by atoms with Gasteiger partial charge in [-0.05, 0) is 31.0 Å². The first kappa shape index (κ1) is 13.4. The smallest absolute Gasteiger partial charge is 0.254 e. The molecule has 98 valence electrons. The average Bonchev–Trinajstić information content (AvgIpc) is 2.28. The van der Waals surface area contributed by atoms with Gasteiger partial charge in [-0.15, -0.1) is 0 Å². The number of rotatable bonds is 2. The molecule has 2 rings (SSSR count). The quantitative estimate of drug-likeness (QED) is 0.820. The summed E-state index contributed by atoms with van der Waals surface area (Å²) in [7, 11) is 0. The first-order valence-corrected chi connectivity index (χ1v) is 6.73. The van der Waals surface area contributed by atoms with Crippen LogP contribution >= 0.6 is 15.9 Å². The van der Waals surface area contributed by atoms with E-state index >= 15 is 0 Å². The van der Waals surface area contributed by atoms with E-state index in [1.165, 1.54) is 0 Å². The maximum Gasteiger partial charge on any atom is 0.254 e. The summed E-state index contributed by atoms with van der Waals surface area (Å²) in [4.78, 5) is 13.9. The zero-order chi connectivity index (χ0) is 13.5. The standard InChI is InChI=1S/C13H17BrN2O2/c1-3-13(18)6-16(7-13)12(17)10-4-9(14)5-11(15)8(10)2/h4-5,18H,3,6-7,15H2,1-2H3. The SMILES string of the molecule is CCC1(O)CN(C(=O)c2cc(Br)cc(N)c2C)C1. The molecule has 1 heterocycles. The molecule has 5 heteroatoms. The van der Waals surface area contributed by atoms with Crippen molar-refractivity contribution < 1.29 is 9.90 Å². The number of carbonyl (C=O) groups excluding carboxylic acids is 1. The molecule has 1 aliphatic rings. The van der Waals surface area contributed by atoms with Crippen molar-refractivity contribution in [3.8, 4) is 0 Å². The lowest BCUT2D eigenvalue weighted by Gasteiger charge is -2.46. The molecule has 1 aliphatic heterocycles. The molecule has 18 heavy (non-hydrogen) atoms. The van der Waals surface area contributed by atoms with Gasteiger partial charge in [-0.3, -0.25) is 4.79 Å². The van der Waals surface area contributed by atoms with Crippen molar-refractivity contribution in [2.75, 3.05) is 18.8 Å². The highest BCUT2D eigenvalue weighted by Gasteiger charge is 2.42. The molecule has 0 saturated carbocycles. The van der Waals surface area contributed by atoms with Crippen molar-refractivity contribution in [1.82, 2.24) is 4.90 Å². The lowest BCUT2D eigenvalue weighted by Crippen LogP contribution is -2.63. The lowest BCUT2D eigenvalue weighted by atomic mass is 9.90. The Morgan fingerprint density at radius 2 is 2.17 bits per heavy atom. The van der Waals surface area contributed by atoms with Crippen LogP contribution < -0.4 is 5.73 Å². The summed E-state index contributed by atoms with van der Waals surface area (Å²) in [5.41, 5.74) is 7.12. The third-order valence-corrected chi connectivity index (χ3v) is 4.02. The number of likely N-dealkylation sites (tertiary alicyclic amines) is 1. The number of amides is 1. The predicted molar refractivity (Wildman–Crippen MR) is 74.4 cm³/mol. The molecule has 0 atom stereocenters. The first-order chi connectivity index (χ1) is 8.36. The second kappa shape index (κ2) is 4.55. The molecule has 0 aromatic heterocycles. The zero-order valence-corrected chi connectivity index (χ0v) is 12.1. The van der Waals surface area contributed by atoms with Crippen molar-refractivity contribution in [3.63, 3.8) is 0 Å². The summed E-state index contributed by atoms with van der Waals surface area (Å²) in [6.45, 7) is 4.55. The maximum atomic E-state index is 12.3. The van der Waals surface area contributed by atoms with Gasteiger partial charge in [0.05, 0.1) is 18.7 Å². The number of benzene rings is 1. The fourth-order valence-corrected chi connectivity index (χ4v) is 2.60. The number of nitrogen functional groups attached to an aromatic ring is 1. The summed E-state index contributed by atoms with van der Waals surface area (Å²) < 4.78 is 0.792. The van der Waals surface area contributed by atoms with Gasteiger partial charge in [0.15, 0.2) is 0 Å². The molecule has 3 N–H and O–H groups in total. The highest BCUT2D eigenvalue weighted by Crippen LogP contribution is 2.29. The minimum atomic E-state index is -0.707. The fraction of sp³-hybridized carbons (Fsp3) is 0.462. The van der Waals surface area contributed by atoms with Gasteiger partial charge in [-0.1, -0.05) is 22.9 Å². The van der Waals surface area contributed by atoms with E-state index in [0.717, 1.165) is 10.0 Å². The summed E-state index contributed by atoms with van der Waals surface area (Å²) in [5.74, 6) is -0.0707. The Morgan fingerprint density at radius 3 is 2.72 bits per heavy atom. The van der Waals surface area contributed by atoms with E-state index in [4.69, 9.17) is 5.73 Å². The van der Waals surface area contributed by atoms with Crippen LogP contribution in [0.5, 0.6) is 0 Å². The first-order valence-electron chi connectivity index (χ1n) is 5.93. The zero-order valence-electron chi connectivity index (χ0n) is 10.5. The number of nitrogens with zero attached hydrogens (tertiary/aromatic N) is 1. The van der Waals surface area contributed by atoms with E-state index in [2.05, 4.69) is 15.9 Å². The Hall–Kier alpha value is -1.07. The van der Waals surface area contributed by atoms with E-state index in [1.54, 1.807) is 17.0 Å². The Bertz CT molecular complexity index is 496. The molecule has 0 unspecified atom stereocenters. The van der Waals surface area contributed by atoms with Crippen molar-refractivity contribution in [2.45, 2.75) is 25.9 Å². The summed E-state index contributed by atoms with van der Waals surface area (Å²) >= 11 is 3.34. The Labute approximate surface area is 115 Å². The second-order valence-corrected chi connectivity index (χ2v) is 5.82. The van der Waals surface area contributed by atoms with Gasteiger partial charge >= 0.3 is 0 Å². The highest BCUT2D eigenvalue weighted by atomic mass is 79.9. The molecule has 1 aromatic carbocycles. The van der Waals surface area contributed by atoms with Gasteiger partial charge in [0.1, 0.15) is 0 Å². The van der Waals surface area contributed by atoms with Crippen LogP contribution in [0.3, 0.4) is 0 Å². The average molecular weight is 313 g/mol. The highest BCUT2D eigenvalue weighted by molar-refractivity contribution is 9.10. The molecule has 0 aliphatic carbocycles. The number of aliphatic hydroxyl groups is 1. The van der Waals surface area contributed by atoms with Crippen molar-refractivity contribution in [3.05, 3.63) is 27.7 Å². The normalized spacial score (nSPS) is 17.4. The van der Waals surface area contributed by atoms with Crippen LogP contribution in [0.2, 0.25) is 0 Å². The van der Waals surface area contributed by atoms with Gasteiger partial charge in [0.2, 0.25) is 0 Å². The van der Waals surface area contributed by atoms with Crippen LogP contribution in [0, 0.1) is 6.92 Å². The Balaban J connectivity index is 2.21. The van der Waals surface area contributed by atoms with Crippen molar-refractivity contribution >= 4 is 27.5 Å². The van der Waals surface area contributed by atoms with Crippen LogP contribution in [-0.4, -0.2) is 34.6 Å². The number of hydrogen-bond acceptors (Lipinski definition) is 3. The van der Waals surface area contributed by atoms with E-state index < -0.39 is 5.60 Å². The largest absolute Gasteiger partial charge is 0.398 e. The van der Waals surface area contributed by atoms with E-state index in [-0.39, 0.29) is 5.91 Å². The number of halogens is 1. The molecular weight excluding hydrogens is 296 g/mol. The van der Waals surface area contributed by atoms with Crippen LogP contribution in [0.25, 0.3) is 0 Å². The maximum absolute atomic E-state index is 12.3. The summed E-state index contributed by atoms with van der Waals surface area (Å²) in [6.07, 6.45) is 0.663. The fourth-order valence-electron chi connectivity index (χ4n) is 2.12. The molecule has 0 radical (unpaired) electrons.